The minimum Gasteiger partial charge on any atom is -0.489 e. The number of esters is 2. The first-order valence-electron chi connectivity index (χ1n) is 13.5. The zero-order valence-corrected chi connectivity index (χ0v) is 26.5. The molecule has 4 rings (SSSR count). The molecule has 0 spiro atoms. The van der Waals surface area contributed by atoms with E-state index in [9.17, 15) is 40.0 Å². The average Bonchev–Trinajstić information content (AvgIpc) is 3.79. The highest BCUT2D eigenvalue weighted by Crippen LogP contribution is 2.38. The Bertz CT molecular complexity index is 1720. The molecule has 1 atom stereocenters. The normalized spacial score (nSPS) is 14.0. The molecule has 0 amide bonds. The summed E-state index contributed by atoms with van der Waals surface area (Å²) >= 11 is 12.5. The van der Waals surface area contributed by atoms with Crippen molar-refractivity contribution in [3.63, 3.8) is 0 Å². The molecular formula is C29H25Cl2F5N2O8S. The van der Waals surface area contributed by atoms with Crippen molar-refractivity contribution < 1.29 is 58.9 Å². The fourth-order valence-electron chi connectivity index (χ4n) is 4.15. The van der Waals surface area contributed by atoms with Crippen molar-refractivity contribution in [3.8, 4) is 11.5 Å². The van der Waals surface area contributed by atoms with Crippen molar-refractivity contribution in [3.05, 3.63) is 81.1 Å². The molecule has 2 aromatic carbocycles. The maximum absolute atomic E-state index is 13.4. The predicted octanol–water partition coefficient (Wildman–Crippen LogP) is 6.85. The molecule has 18 heteroatoms. The first-order valence-corrected chi connectivity index (χ1v) is 16.2. The minimum absolute atomic E-state index is 0.0582. The number of pyridine rings is 1. The number of anilines is 1. The maximum Gasteiger partial charge on any atom is 0.416 e. The summed E-state index contributed by atoms with van der Waals surface area (Å²) in [6.07, 6.45) is -1.29. The fraction of sp³-hybridized carbons (Fsp3) is 0.345. The van der Waals surface area contributed by atoms with Crippen molar-refractivity contribution in [2.24, 2.45) is 5.92 Å². The van der Waals surface area contributed by atoms with E-state index >= 15 is 0 Å². The van der Waals surface area contributed by atoms with Crippen LogP contribution in [-0.2, 0) is 36.9 Å². The van der Waals surface area contributed by atoms with Gasteiger partial charge in [-0.05, 0) is 60.2 Å². The van der Waals surface area contributed by atoms with Crippen molar-refractivity contribution >= 4 is 50.9 Å². The number of alkyl halides is 5. The van der Waals surface area contributed by atoms with Gasteiger partial charge in [-0.15, -0.1) is 0 Å². The van der Waals surface area contributed by atoms with Gasteiger partial charge in [0, 0.05) is 24.5 Å². The van der Waals surface area contributed by atoms with Gasteiger partial charge in [-0.25, -0.2) is 18.0 Å². The van der Waals surface area contributed by atoms with Crippen LogP contribution in [0.25, 0.3) is 0 Å². The molecule has 10 nitrogen and oxygen atoms in total. The number of carbonyl (C=O) groups excluding carboxylic acids is 2. The second kappa shape index (κ2) is 14.9. The minimum atomic E-state index is -4.96. The van der Waals surface area contributed by atoms with Gasteiger partial charge in [-0.1, -0.05) is 29.3 Å². The Kier molecular flexibility index (Phi) is 11.4. The van der Waals surface area contributed by atoms with Crippen LogP contribution >= 0.6 is 23.2 Å². The molecule has 47 heavy (non-hydrogen) atoms. The number of ether oxygens (including phenoxy) is 4. The van der Waals surface area contributed by atoms with E-state index in [2.05, 4.69) is 9.72 Å². The number of aromatic nitrogens is 1. The quantitative estimate of drug-likeness (QED) is 0.140. The molecule has 1 aliphatic rings. The number of hydrogen-bond acceptors (Lipinski definition) is 9. The molecule has 0 bridgehead atoms. The van der Waals surface area contributed by atoms with E-state index in [0.717, 1.165) is 18.9 Å². The second-order valence-corrected chi connectivity index (χ2v) is 12.9. The zero-order chi connectivity index (χ0) is 34.5. The summed E-state index contributed by atoms with van der Waals surface area (Å²) in [7, 11) is -4.02. The standard InChI is InChI=1S/C29H25Cl2F5N2O8S/c1-47(41,42)38-19-7-17(6-18(9-19)29(34,35)36)27(40)44-14-26(39)45-24(10-20-21(30)11-37-12-22(20)31)16-4-5-23(46-28(32)33)25(8-16)43-13-15-2-3-15/h4-9,11-12,15,24,28,38H,2-3,10,13-14H2,1H3/t24-/m0/s1. The molecule has 0 unspecified atom stereocenters. The molecule has 1 fully saturated rings. The van der Waals surface area contributed by atoms with Crippen LogP contribution in [0.15, 0.2) is 48.8 Å². The summed E-state index contributed by atoms with van der Waals surface area (Å²) in [4.78, 5) is 29.5. The zero-order valence-electron chi connectivity index (χ0n) is 24.2. The van der Waals surface area contributed by atoms with Gasteiger partial charge >= 0.3 is 24.7 Å². The van der Waals surface area contributed by atoms with E-state index in [0.29, 0.717) is 24.0 Å². The molecule has 254 valence electrons. The van der Waals surface area contributed by atoms with E-state index in [-0.39, 0.29) is 46.1 Å². The third-order valence-corrected chi connectivity index (χ3v) is 7.72. The highest BCUT2D eigenvalue weighted by Gasteiger charge is 2.33. The number of rotatable bonds is 14. The van der Waals surface area contributed by atoms with E-state index < -0.39 is 64.3 Å². The Morgan fingerprint density at radius 1 is 1.04 bits per heavy atom. The number of sulfonamides is 1. The highest BCUT2D eigenvalue weighted by atomic mass is 35.5. The van der Waals surface area contributed by atoms with Crippen molar-refractivity contribution in [1.29, 1.82) is 0 Å². The van der Waals surface area contributed by atoms with Gasteiger partial charge in [0.15, 0.2) is 18.1 Å². The third kappa shape index (κ3) is 10.8. The molecule has 0 aliphatic heterocycles. The molecule has 1 aromatic heterocycles. The molecule has 3 aromatic rings. The number of nitrogens with one attached hydrogen (secondary N) is 1. The predicted molar refractivity (Wildman–Crippen MR) is 158 cm³/mol. The largest absolute Gasteiger partial charge is 0.489 e. The Labute approximate surface area is 275 Å². The van der Waals surface area contributed by atoms with Gasteiger partial charge in [-0.2, -0.15) is 22.0 Å². The number of hydrogen-bond donors (Lipinski definition) is 1. The van der Waals surface area contributed by atoms with Gasteiger partial charge in [0.2, 0.25) is 10.0 Å². The maximum atomic E-state index is 13.4. The van der Waals surface area contributed by atoms with Gasteiger partial charge in [0.05, 0.1) is 34.0 Å². The lowest BCUT2D eigenvalue weighted by Crippen LogP contribution is -2.21. The smallest absolute Gasteiger partial charge is 0.416 e. The summed E-state index contributed by atoms with van der Waals surface area (Å²) in [5.74, 6) is -2.65. The Morgan fingerprint density at radius 3 is 2.32 bits per heavy atom. The Morgan fingerprint density at radius 2 is 1.72 bits per heavy atom. The lowest BCUT2D eigenvalue weighted by Gasteiger charge is -2.21. The molecule has 1 N–H and O–H groups in total. The monoisotopic (exact) mass is 726 g/mol. The van der Waals surface area contributed by atoms with Crippen molar-refractivity contribution in [2.75, 3.05) is 24.2 Å². The van der Waals surface area contributed by atoms with Gasteiger partial charge in [0.1, 0.15) is 6.10 Å². The van der Waals surface area contributed by atoms with E-state index in [1.54, 1.807) is 0 Å². The summed E-state index contributed by atoms with van der Waals surface area (Å²) in [5, 5.41) is 0.215. The summed E-state index contributed by atoms with van der Waals surface area (Å²) < 4.78 is 112. The lowest BCUT2D eigenvalue weighted by atomic mass is 10.0. The second-order valence-electron chi connectivity index (χ2n) is 10.4. The van der Waals surface area contributed by atoms with Gasteiger partial charge < -0.3 is 18.9 Å². The van der Waals surface area contributed by atoms with Crippen LogP contribution in [0.3, 0.4) is 0 Å². The molecular weight excluding hydrogens is 702 g/mol. The van der Waals surface area contributed by atoms with Crippen LogP contribution in [0.4, 0.5) is 27.6 Å². The van der Waals surface area contributed by atoms with E-state index in [1.165, 1.54) is 30.6 Å². The summed E-state index contributed by atoms with van der Waals surface area (Å²) in [6.45, 7) is -4.02. The molecule has 1 saturated carbocycles. The summed E-state index contributed by atoms with van der Waals surface area (Å²) in [5.41, 5.74) is -2.12. The molecule has 0 radical (unpaired) electrons. The van der Waals surface area contributed by atoms with Crippen LogP contribution in [0.1, 0.15) is 46.0 Å². The molecule has 1 aliphatic carbocycles. The summed E-state index contributed by atoms with van der Waals surface area (Å²) in [6, 6.07) is 5.54. The first kappa shape index (κ1) is 36.0. The van der Waals surface area contributed by atoms with Crippen LogP contribution in [0.2, 0.25) is 10.0 Å². The Hall–Kier alpha value is -3.89. The number of benzene rings is 2. The molecule has 1 heterocycles. The van der Waals surface area contributed by atoms with Crippen LogP contribution < -0.4 is 14.2 Å². The van der Waals surface area contributed by atoms with Gasteiger partial charge in [0.25, 0.3) is 0 Å². The van der Waals surface area contributed by atoms with Gasteiger partial charge in [-0.3, -0.25) is 9.71 Å². The lowest BCUT2D eigenvalue weighted by molar-refractivity contribution is -0.153. The van der Waals surface area contributed by atoms with Crippen LogP contribution in [-0.4, -0.2) is 51.4 Å². The van der Waals surface area contributed by atoms with Crippen LogP contribution in [0.5, 0.6) is 11.5 Å². The van der Waals surface area contributed by atoms with E-state index in [1.807, 2.05) is 4.72 Å². The van der Waals surface area contributed by atoms with E-state index in [4.69, 9.17) is 37.4 Å². The average molecular weight is 727 g/mol. The number of carbonyl (C=O) groups is 2. The fourth-order valence-corrected chi connectivity index (χ4v) is 5.22. The number of nitrogens with zero attached hydrogens (tertiary/aromatic N) is 1. The third-order valence-electron chi connectivity index (χ3n) is 6.46. The molecule has 0 saturated heterocycles. The topological polar surface area (TPSA) is 130 Å². The highest BCUT2D eigenvalue weighted by molar-refractivity contribution is 7.92. The first-order chi connectivity index (χ1) is 22.0. The van der Waals surface area contributed by atoms with Crippen molar-refractivity contribution in [2.45, 2.75) is 38.2 Å². The van der Waals surface area contributed by atoms with Crippen LogP contribution in [0, 0.1) is 5.92 Å². The Balaban J connectivity index is 1.57. The number of halogens is 7. The SMILES string of the molecule is CS(=O)(=O)Nc1cc(C(=O)OCC(=O)O[C@@H](Cc2c(Cl)cncc2Cl)c2ccc(OC(F)F)c(OCC3CC3)c2)cc(C(F)(F)F)c1. The van der Waals surface area contributed by atoms with Crippen molar-refractivity contribution in [1.82, 2.24) is 4.98 Å².